The van der Waals surface area contributed by atoms with Crippen LogP contribution in [-0.4, -0.2) is 42.5 Å². The molecule has 2 atom stereocenters. The van der Waals surface area contributed by atoms with Gasteiger partial charge in [-0.2, -0.15) is 0 Å². The summed E-state index contributed by atoms with van der Waals surface area (Å²) in [5.41, 5.74) is -0.0410. The van der Waals surface area contributed by atoms with Crippen molar-refractivity contribution in [2.24, 2.45) is 5.92 Å². The molecule has 0 bridgehead atoms. The van der Waals surface area contributed by atoms with E-state index in [0.717, 1.165) is 25.9 Å². The Hall–Kier alpha value is -0.220. The van der Waals surface area contributed by atoms with Gasteiger partial charge in [0.2, 0.25) is 0 Å². The molecule has 1 aliphatic carbocycles. The standard InChI is InChI=1S/C13H24F2N2/c1-3-4-11-7-17(8-12(14)15)13(2,9-16-11)10-5-6-10/h10-12,16H,3-9H2,1-2H3. The molecule has 2 unspecified atom stereocenters. The first-order valence-corrected chi connectivity index (χ1v) is 6.83. The van der Waals surface area contributed by atoms with Crippen LogP contribution in [0.2, 0.25) is 0 Å². The van der Waals surface area contributed by atoms with E-state index < -0.39 is 6.43 Å². The highest BCUT2D eigenvalue weighted by Crippen LogP contribution is 2.44. The van der Waals surface area contributed by atoms with E-state index in [9.17, 15) is 8.78 Å². The number of hydrogen-bond acceptors (Lipinski definition) is 2. The van der Waals surface area contributed by atoms with Gasteiger partial charge in [-0.1, -0.05) is 13.3 Å². The van der Waals surface area contributed by atoms with Gasteiger partial charge < -0.3 is 5.32 Å². The van der Waals surface area contributed by atoms with E-state index in [0.29, 0.717) is 12.0 Å². The molecule has 2 nitrogen and oxygen atoms in total. The highest BCUT2D eigenvalue weighted by molar-refractivity contribution is 5.04. The second kappa shape index (κ2) is 5.19. The van der Waals surface area contributed by atoms with Crippen LogP contribution in [0.1, 0.15) is 39.5 Å². The number of nitrogens with one attached hydrogen (secondary N) is 1. The minimum absolute atomic E-state index is 0.0410. The lowest BCUT2D eigenvalue weighted by molar-refractivity contribution is -0.0136. The Bertz CT molecular complexity index is 256. The van der Waals surface area contributed by atoms with E-state index in [1.54, 1.807) is 0 Å². The zero-order valence-corrected chi connectivity index (χ0v) is 10.9. The van der Waals surface area contributed by atoms with Gasteiger partial charge in [-0.3, -0.25) is 4.90 Å². The van der Waals surface area contributed by atoms with Crippen LogP contribution in [0.5, 0.6) is 0 Å². The van der Waals surface area contributed by atoms with Crippen LogP contribution in [-0.2, 0) is 0 Å². The molecular weight excluding hydrogens is 222 g/mol. The van der Waals surface area contributed by atoms with Gasteiger partial charge in [0.15, 0.2) is 0 Å². The lowest BCUT2D eigenvalue weighted by Gasteiger charge is -2.48. The summed E-state index contributed by atoms with van der Waals surface area (Å²) in [7, 11) is 0. The fraction of sp³-hybridized carbons (Fsp3) is 1.00. The Kier molecular flexibility index (Phi) is 4.03. The molecule has 0 amide bonds. The Balaban J connectivity index is 2.01. The third kappa shape index (κ3) is 2.97. The molecule has 1 heterocycles. The number of rotatable bonds is 5. The molecule has 1 N–H and O–H groups in total. The number of nitrogens with zero attached hydrogens (tertiary/aromatic N) is 1. The van der Waals surface area contributed by atoms with E-state index in [1.807, 2.05) is 4.90 Å². The minimum Gasteiger partial charge on any atom is -0.311 e. The molecule has 0 spiro atoms. The van der Waals surface area contributed by atoms with Crippen LogP contribution in [0.25, 0.3) is 0 Å². The summed E-state index contributed by atoms with van der Waals surface area (Å²) >= 11 is 0. The summed E-state index contributed by atoms with van der Waals surface area (Å²) in [5.74, 6) is 0.622. The number of hydrogen-bond donors (Lipinski definition) is 1. The molecular formula is C13H24F2N2. The molecule has 0 radical (unpaired) electrons. The second-order valence-electron chi connectivity index (χ2n) is 5.79. The smallest absolute Gasteiger partial charge is 0.251 e. The third-order valence-electron chi connectivity index (χ3n) is 4.36. The minimum atomic E-state index is -2.21. The predicted octanol–water partition coefficient (Wildman–Crippen LogP) is 2.49. The highest BCUT2D eigenvalue weighted by Gasteiger charge is 2.48. The van der Waals surface area contributed by atoms with Gasteiger partial charge in [-0.05, 0) is 32.1 Å². The number of alkyl halides is 2. The van der Waals surface area contributed by atoms with E-state index in [-0.39, 0.29) is 12.1 Å². The molecule has 100 valence electrons. The van der Waals surface area contributed by atoms with E-state index in [1.165, 1.54) is 12.8 Å². The van der Waals surface area contributed by atoms with Crippen LogP contribution in [0.15, 0.2) is 0 Å². The maximum absolute atomic E-state index is 12.7. The van der Waals surface area contributed by atoms with Crippen molar-refractivity contribution in [3.8, 4) is 0 Å². The summed E-state index contributed by atoms with van der Waals surface area (Å²) in [5, 5.41) is 3.55. The van der Waals surface area contributed by atoms with Crippen molar-refractivity contribution in [2.45, 2.75) is 57.5 Å². The maximum Gasteiger partial charge on any atom is 0.251 e. The molecule has 0 aromatic carbocycles. The summed E-state index contributed by atoms with van der Waals surface area (Å²) in [6.45, 7) is 5.89. The van der Waals surface area contributed by atoms with Crippen molar-refractivity contribution in [3.63, 3.8) is 0 Å². The second-order valence-corrected chi connectivity index (χ2v) is 5.79. The van der Waals surface area contributed by atoms with Gasteiger partial charge in [0.1, 0.15) is 0 Å². The monoisotopic (exact) mass is 246 g/mol. The van der Waals surface area contributed by atoms with Crippen molar-refractivity contribution < 1.29 is 8.78 Å². The Morgan fingerprint density at radius 2 is 2.12 bits per heavy atom. The molecule has 2 aliphatic rings. The van der Waals surface area contributed by atoms with E-state index >= 15 is 0 Å². The van der Waals surface area contributed by atoms with E-state index in [2.05, 4.69) is 19.2 Å². The first-order valence-electron chi connectivity index (χ1n) is 6.83. The van der Waals surface area contributed by atoms with Gasteiger partial charge >= 0.3 is 0 Å². The van der Waals surface area contributed by atoms with Crippen LogP contribution < -0.4 is 5.32 Å². The maximum atomic E-state index is 12.7. The molecule has 2 rings (SSSR count). The van der Waals surface area contributed by atoms with Crippen molar-refractivity contribution in [1.82, 2.24) is 10.2 Å². The molecule has 0 aromatic heterocycles. The van der Waals surface area contributed by atoms with Crippen LogP contribution in [0, 0.1) is 5.92 Å². The quantitative estimate of drug-likeness (QED) is 0.802. The Labute approximate surface area is 103 Å². The van der Waals surface area contributed by atoms with Crippen LogP contribution in [0.3, 0.4) is 0 Å². The van der Waals surface area contributed by atoms with Crippen LogP contribution in [0.4, 0.5) is 8.78 Å². The van der Waals surface area contributed by atoms with E-state index in [4.69, 9.17) is 0 Å². The Morgan fingerprint density at radius 1 is 1.41 bits per heavy atom. The molecule has 17 heavy (non-hydrogen) atoms. The van der Waals surface area contributed by atoms with Gasteiger partial charge in [-0.25, -0.2) is 8.78 Å². The fourth-order valence-electron chi connectivity index (χ4n) is 3.10. The van der Waals surface area contributed by atoms with Gasteiger partial charge in [-0.15, -0.1) is 0 Å². The zero-order valence-electron chi connectivity index (χ0n) is 10.9. The topological polar surface area (TPSA) is 15.3 Å². The predicted molar refractivity (Wildman–Crippen MR) is 65.4 cm³/mol. The third-order valence-corrected chi connectivity index (χ3v) is 4.36. The first-order chi connectivity index (χ1) is 8.06. The summed E-state index contributed by atoms with van der Waals surface area (Å²) in [4.78, 5) is 2.05. The summed E-state index contributed by atoms with van der Waals surface area (Å²) in [6, 6.07) is 0.394. The molecule has 1 aliphatic heterocycles. The normalized spacial score (nSPS) is 35.5. The lowest BCUT2D eigenvalue weighted by Crippen LogP contribution is -2.65. The lowest BCUT2D eigenvalue weighted by atomic mass is 9.89. The molecule has 1 saturated carbocycles. The fourth-order valence-corrected chi connectivity index (χ4v) is 3.10. The SMILES string of the molecule is CCCC1CN(CC(F)F)C(C)(C2CC2)CN1. The summed E-state index contributed by atoms with van der Waals surface area (Å²) in [6.07, 6.45) is 2.39. The molecule has 0 aromatic rings. The van der Waals surface area contributed by atoms with Gasteiger partial charge in [0, 0.05) is 24.7 Å². The number of halogens is 2. The average molecular weight is 246 g/mol. The average Bonchev–Trinajstić information content (AvgIpc) is 3.06. The van der Waals surface area contributed by atoms with Crippen molar-refractivity contribution in [3.05, 3.63) is 0 Å². The molecule has 4 heteroatoms. The first kappa shape index (κ1) is 13.2. The van der Waals surface area contributed by atoms with Gasteiger partial charge in [0.25, 0.3) is 6.43 Å². The highest BCUT2D eigenvalue weighted by atomic mass is 19.3. The van der Waals surface area contributed by atoms with Crippen molar-refractivity contribution in [2.75, 3.05) is 19.6 Å². The van der Waals surface area contributed by atoms with Crippen LogP contribution >= 0.6 is 0 Å². The Morgan fingerprint density at radius 3 is 2.65 bits per heavy atom. The van der Waals surface area contributed by atoms with Gasteiger partial charge in [0.05, 0.1) is 6.54 Å². The largest absolute Gasteiger partial charge is 0.311 e. The van der Waals surface area contributed by atoms with Crippen molar-refractivity contribution >= 4 is 0 Å². The zero-order chi connectivity index (χ0) is 12.5. The summed E-state index contributed by atoms with van der Waals surface area (Å²) < 4.78 is 25.4. The molecule has 2 fully saturated rings. The molecule has 1 saturated heterocycles. The van der Waals surface area contributed by atoms with Crippen molar-refractivity contribution in [1.29, 1.82) is 0 Å². The number of piperazine rings is 1.